The zero-order valence-electron chi connectivity index (χ0n) is 13.3. The first-order valence-corrected chi connectivity index (χ1v) is 7.41. The number of aryl methyl sites for hydroxylation is 1. The summed E-state index contributed by atoms with van der Waals surface area (Å²) in [6.07, 6.45) is 0.525. The van der Waals surface area contributed by atoms with Crippen LogP contribution in [0.3, 0.4) is 0 Å². The molecule has 0 aliphatic rings. The topological polar surface area (TPSA) is 32.3 Å². The van der Waals surface area contributed by atoms with Crippen LogP contribution in [0.5, 0.6) is 0 Å². The van der Waals surface area contributed by atoms with E-state index in [4.69, 9.17) is 0 Å². The lowest BCUT2D eigenvalue weighted by Gasteiger charge is -2.25. The van der Waals surface area contributed by atoms with Gasteiger partial charge in [-0.1, -0.05) is 36.4 Å². The van der Waals surface area contributed by atoms with Crippen LogP contribution >= 0.6 is 0 Å². The van der Waals surface area contributed by atoms with Crippen LogP contribution in [-0.4, -0.2) is 30.9 Å². The first-order valence-electron chi connectivity index (χ1n) is 7.41. The van der Waals surface area contributed by atoms with Crippen LogP contribution in [-0.2, 0) is 11.3 Å². The van der Waals surface area contributed by atoms with Gasteiger partial charge in [0, 0.05) is 26.1 Å². The molecule has 112 valence electrons. The lowest BCUT2D eigenvalue weighted by molar-refractivity contribution is -0.121. The molecule has 1 N–H and O–H groups in total. The fourth-order valence-electron chi connectivity index (χ4n) is 2.62. The number of nitrogens with one attached hydrogen (secondary N) is 1. The molecule has 0 unspecified atom stereocenters. The zero-order chi connectivity index (χ0) is 15.4. The van der Waals surface area contributed by atoms with Crippen LogP contribution in [0.15, 0.2) is 36.4 Å². The first-order chi connectivity index (χ1) is 10.0. The minimum atomic E-state index is 0.0862. The summed E-state index contributed by atoms with van der Waals surface area (Å²) in [5.41, 5.74) is 2.61. The molecule has 3 heteroatoms. The monoisotopic (exact) mass is 284 g/mol. The lowest BCUT2D eigenvalue weighted by Crippen LogP contribution is -2.33. The molecule has 2 aromatic carbocycles. The van der Waals surface area contributed by atoms with Crippen LogP contribution in [0.1, 0.15) is 24.5 Å². The number of hydrogen-bond acceptors (Lipinski definition) is 2. The molecule has 0 saturated carbocycles. The third kappa shape index (κ3) is 3.61. The van der Waals surface area contributed by atoms with Crippen molar-refractivity contribution >= 4 is 16.7 Å². The summed E-state index contributed by atoms with van der Waals surface area (Å²) in [6, 6.07) is 13.1. The smallest absolute Gasteiger partial charge is 0.221 e. The lowest BCUT2D eigenvalue weighted by atomic mass is 10.00. The van der Waals surface area contributed by atoms with Crippen LogP contribution in [0.2, 0.25) is 0 Å². The molecular weight excluding hydrogens is 260 g/mol. The van der Waals surface area contributed by atoms with Gasteiger partial charge >= 0.3 is 0 Å². The van der Waals surface area contributed by atoms with Crippen molar-refractivity contribution < 1.29 is 4.79 Å². The Labute approximate surface area is 127 Å². The molecule has 3 nitrogen and oxygen atoms in total. The highest BCUT2D eigenvalue weighted by molar-refractivity contribution is 5.88. The summed E-state index contributed by atoms with van der Waals surface area (Å²) >= 11 is 0. The van der Waals surface area contributed by atoms with E-state index in [1.807, 2.05) is 0 Å². The molecule has 0 radical (unpaired) electrons. The van der Waals surface area contributed by atoms with E-state index < -0.39 is 0 Å². The van der Waals surface area contributed by atoms with Crippen LogP contribution in [0.25, 0.3) is 10.8 Å². The number of nitrogens with zero attached hydrogens (tertiary/aromatic N) is 1. The Morgan fingerprint density at radius 2 is 1.86 bits per heavy atom. The first kappa shape index (κ1) is 15.5. The molecule has 1 atom stereocenters. The maximum atomic E-state index is 11.5. The maximum absolute atomic E-state index is 11.5. The normalized spacial score (nSPS) is 12.6. The summed E-state index contributed by atoms with van der Waals surface area (Å²) in [6.45, 7) is 5.08. The Morgan fingerprint density at radius 1 is 1.19 bits per heavy atom. The predicted octanol–water partition coefficient (Wildman–Crippen LogP) is 3.10. The highest BCUT2D eigenvalue weighted by atomic mass is 16.1. The fourth-order valence-corrected chi connectivity index (χ4v) is 2.62. The molecule has 0 fully saturated rings. The van der Waals surface area contributed by atoms with Crippen LogP contribution in [0, 0.1) is 6.92 Å². The Morgan fingerprint density at radius 3 is 2.57 bits per heavy atom. The van der Waals surface area contributed by atoms with Crippen LogP contribution in [0.4, 0.5) is 0 Å². The van der Waals surface area contributed by atoms with Gasteiger partial charge < -0.3 is 5.32 Å². The summed E-state index contributed by atoms with van der Waals surface area (Å²) in [5.74, 6) is 0.0862. The van der Waals surface area contributed by atoms with E-state index in [0.717, 1.165) is 6.54 Å². The van der Waals surface area contributed by atoms with Crippen molar-refractivity contribution in [1.29, 1.82) is 0 Å². The van der Waals surface area contributed by atoms with Gasteiger partial charge in [-0.05, 0) is 42.8 Å². The largest absolute Gasteiger partial charge is 0.359 e. The molecular formula is C18H24N2O. The molecule has 0 aliphatic heterocycles. The van der Waals surface area contributed by atoms with E-state index in [1.165, 1.54) is 21.9 Å². The van der Waals surface area contributed by atoms with Crippen molar-refractivity contribution in [2.24, 2.45) is 0 Å². The van der Waals surface area contributed by atoms with Crippen molar-refractivity contribution in [3.05, 3.63) is 47.5 Å². The van der Waals surface area contributed by atoms with E-state index in [9.17, 15) is 4.79 Å². The van der Waals surface area contributed by atoms with E-state index >= 15 is 0 Å². The Balaban J connectivity index is 2.20. The Kier molecular flexibility index (Phi) is 4.97. The van der Waals surface area contributed by atoms with Gasteiger partial charge in [-0.2, -0.15) is 0 Å². The van der Waals surface area contributed by atoms with Crippen molar-refractivity contribution in [2.75, 3.05) is 14.1 Å². The van der Waals surface area contributed by atoms with Crippen molar-refractivity contribution in [3.63, 3.8) is 0 Å². The van der Waals surface area contributed by atoms with Gasteiger partial charge in [-0.3, -0.25) is 9.69 Å². The predicted molar refractivity (Wildman–Crippen MR) is 88.3 cm³/mol. The van der Waals surface area contributed by atoms with E-state index in [0.29, 0.717) is 6.42 Å². The third-order valence-corrected chi connectivity index (χ3v) is 4.16. The second-order valence-corrected chi connectivity index (χ2v) is 5.73. The van der Waals surface area contributed by atoms with Gasteiger partial charge in [0.2, 0.25) is 5.91 Å². The fraction of sp³-hybridized carbons (Fsp3) is 0.389. The minimum Gasteiger partial charge on any atom is -0.359 e. The molecule has 0 aliphatic carbocycles. The molecule has 2 aromatic rings. The van der Waals surface area contributed by atoms with Gasteiger partial charge in [0.05, 0.1) is 0 Å². The van der Waals surface area contributed by atoms with Crippen molar-refractivity contribution in [2.45, 2.75) is 32.9 Å². The molecule has 2 rings (SSSR count). The van der Waals surface area contributed by atoms with E-state index in [1.54, 1.807) is 7.05 Å². The highest BCUT2D eigenvalue weighted by Crippen LogP contribution is 2.23. The van der Waals surface area contributed by atoms with E-state index in [2.05, 4.69) is 67.5 Å². The second kappa shape index (κ2) is 6.72. The average Bonchev–Trinajstić information content (AvgIpc) is 2.48. The van der Waals surface area contributed by atoms with E-state index in [-0.39, 0.29) is 11.9 Å². The number of benzene rings is 2. The maximum Gasteiger partial charge on any atom is 0.221 e. The molecule has 0 spiro atoms. The van der Waals surface area contributed by atoms with Gasteiger partial charge in [0.1, 0.15) is 0 Å². The van der Waals surface area contributed by atoms with Gasteiger partial charge in [-0.25, -0.2) is 0 Å². The summed E-state index contributed by atoms with van der Waals surface area (Å²) < 4.78 is 0. The number of carbonyl (C=O) groups excluding carboxylic acids is 1. The third-order valence-electron chi connectivity index (χ3n) is 4.16. The Hall–Kier alpha value is -1.87. The standard InChI is InChI=1S/C18H24N2O/c1-13-7-5-10-17-15(8-6-9-16(13)17)12-20(4)14(2)11-18(21)19-3/h5-10,14H,11-12H2,1-4H3,(H,19,21)/t14-/m0/s1. The van der Waals surface area contributed by atoms with Crippen molar-refractivity contribution in [3.8, 4) is 0 Å². The molecule has 0 saturated heterocycles. The number of carbonyl (C=O) groups is 1. The zero-order valence-corrected chi connectivity index (χ0v) is 13.3. The van der Waals surface area contributed by atoms with Crippen molar-refractivity contribution in [1.82, 2.24) is 10.2 Å². The number of hydrogen-bond donors (Lipinski definition) is 1. The molecule has 0 aromatic heterocycles. The number of fused-ring (bicyclic) bond motifs is 1. The van der Waals surface area contributed by atoms with Gasteiger partial charge in [0.15, 0.2) is 0 Å². The molecule has 0 heterocycles. The SMILES string of the molecule is CNC(=O)C[C@H](C)N(C)Cc1cccc2c(C)cccc12. The van der Waals surface area contributed by atoms with Gasteiger partial charge in [0.25, 0.3) is 0 Å². The highest BCUT2D eigenvalue weighted by Gasteiger charge is 2.14. The Bertz CT molecular complexity index is 636. The minimum absolute atomic E-state index is 0.0862. The second-order valence-electron chi connectivity index (χ2n) is 5.73. The summed E-state index contributed by atoms with van der Waals surface area (Å²) in [5, 5.41) is 5.30. The molecule has 0 bridgehead atoms. The quantitative estimate of drug-likeness (QED) is 0.915. The molecule has 1 amide bonds. The summed E-state index contributed by atoms with van der Waals surface area (Å²) in [4.78, 5) is 13.7. The molecule has 21 heavy (non-hydrogen) atoms. The van der Waals surface area contributed by atoms with Crippen LogP contribution < -0.4 is 5.32 Å². The van der Waals surface area contributed by atoms with Gasteiger partial charge in [-0.15, -0.1) is 0 Å². The summed E-state index contributed by atoms with van der Waals surface area (Å²) in [7, 11) is 3.75. The number of rotatable bonds is 5. The average molecular weight is 284 g/mol. The number of amides is 1.